The number of hydrogen-bond donors (Lipinski definition) is 1. The van der Waals surface area contributed by atoms with Crippen LogP contribution >= 0.6 is 0 Å². The Balaban J connectivity index is 2.33. The Kier molecular flexibility index (Phi) is 2.13. The standard InChI is InChI=1S/C11H12N2/c1-9-12-8-7-11(13-9)10-5-3-2-4-6-10/h2-7H,8H2,1H3,(H,12,13). The summed E-state index contributed by atoms with van der Waals surface area (Å²) >= 11 is 0. The molecule has 2 rings (SSSR count). The molecule has 0 saturated heterocycles. The Hall–Kier alpha value is -1.57. The average molecular weight is 172 g/mol. The molecular weight excluding hydrogens is 160 g/mol. The Morgan fingerprint density at radius 2 is 2.00 bits per heavy atom. The van der Waals surface area contributed by atoms with Gasteiger partial charge in [0.1, 0.15) is 0 Å². The zero-order valence-corrected chi connectivity index (χ0v) is 7.62. The highest BCUT2D eigenvalue weighted by molar-refractivity contribution is 5.88. The second kappa shape index (κ2) is 3.44. The van der Waals surface area contributed by atoms with Gasteiger partial charge in [-0.1, -0.05) is 30.3 Å². The first kappa shape index (κ1) is 8.05. The van der Waals surface area contributed by atoms with E-state index in [-0.39, 0.29) is 0 Å². The van der Waals surface area contributed by atoms with E-state index in [9.17, 15) is 0 Å². The van der Waals surface area contributed by atoms with Gasteiger partial charge in [0.2, 0.25) is 0 Å². The van der Waals surface area contributed by atoms with Crippen LogP contribution in [0.15, 0.2) is 41.4 Å². The molecule has 0 amide bonds. The second-order valence-corrected chi connectivity index (χ2v) is 3.03. The molecular formula is C11H12N2. The fraction of sp³-hybridized carbons (Fsp3) is 0.182. The maximum atomic E-state index is 4.42. The third-order valence-corrected chi connectivity index (χ3v) is 2.01. The van der Waals surface area contributed by atoms with Gasteiger partial charge in [0.25, 0.3) is 0 Å². The largest absolute Gasteiger partial charge is 0.370 e. The Bertz CT molecular complexity index is 350. The number of nitrogens with zero attached hydrogens (tertiary/aromatic N) is 1. The highest BCUT2D eigenvalue weighted by Crippen LogP contribution is 2.16. The summed E-state index contributed by atoms with van der Waals surface area (Å²) in [6.07, 6.45) is 2.10. The third kappa shape index (κ3) is 1.78. The Labute approximate surface area is 78.0 Å². The molecule has 1 aliphatic heterocycles. The van der Waals surface area contributed by atoms with Gasteiger partial charge in [-0.2, -0.15) is 0 Å². The van der Waals surface area contributed by atoms with E-state index in [1.54, 1.807) is 0 Å². The van der Waals surface area contributed by atoms with Gasteiger partial charge in [-0.05, 0) is 18.6 Å². The highest BCUT2D eigenvalue weighted by Gasteiger charge is 2.03. The van der Waals surface area contributed by atoms with E-state index in [1.165, 1.54) is 5.56 Å². The van der Waals surface area contributed by atoms with Crippen molar-refractivity contribution in [3.8, 4) is 0 Å². The van der Waals surface area contributed by atoms with E-state index in [0.717, 1.165) is 18.1 Å². The fourth-order valence-corrected chi connectivity index (χ4v) is 1.35. The molecule has 0 spiro atoms. The maximum absolute atomic E-state index is 4.42. The minimum Gasteiger partial charge on any atom is -0.370 e. The van der Waals surface area contributed by atoms with Crippen LogP contribution in [0, 0.1) is 0 Å². The molecule has 1 aromatic rings. The molecule has 1 aliphatic rings. The van der Waals surface area contributed by atoms with Crippen LogP contribution in [0.1, 0.15) is 12.5 Å². The molecule has 1 heterocycles. The number of aliphatic imine (C=N–C) groups is 1. The lowest BCUT2D eigenvalue weighted by molar-refractivity contribution is 1.01. The lowest BCUT2D eigenvalue weighted by Crippen LogP contribution is -2.23. The normalized spacial score (nSPS) is 15.8. The summed E-state index contributed by atoms with van der Waals surface area (Å²) in [5, 5.41) is 3.16. The molecule has 66 valence electrons. The van der Waals surface area contributed by atoms with E-state index >= 15 is 0 Å². The molecule has 2 nitrogen and oxygen atoms in total. The molecule has 13 heavy (non-hydrogen) atoms. The quantitative estimate of drug-likeness (QED) is 0.688. The van der Waals surface area contributed by atoms with Crippen LogP contribution in [-0.4, -0.2) is 12.4 Å². The first-order valence-corrected chi connectivity index (χ1v) is 4.41. The minimum absolute atomic E-state index is 0.875. The van der Waals surface area contributed by atoms with Crippen molar-refractivity contribution in [3.05, 3.63) is 42.0 Å². The Morgan fingerprint density at radius 3 is 2.69 bits per heavy atom. The van der Waals surface area contributed by atoms with Crippen LogP contribution in [0.4, 0.5) is 0 Å². The monoisotopic (exact) mass is 172 g/mol. The van der Waals surface area contributed by atoms with Crippen LogP contribution in [-0.2, 0) is 0 Å². The summed E-state index contributed by atoms with van der Waals surface area (Å²) in [6, 6.07) is 10.2. The molecule has 0 aliphatic carbocycles. The summed E-state index contributed by atoms with van der Waals surface area (Å²) in [5.74, 6) is 0.987. The van der Waals surface area contributed by atoms with Gasteiger partial charge >= 0.3 is 0 Å². The molecule has 0 aromatic heterocycles. The van der Waals surface area contributed by atoms with E-state index in [2.05, 4.69) is 28.5 Å². The number of benzene rings is 1. The average Bonchev–Trinajstić information content (AvgIpc) is 2.19. The molecule has 1 aromatic carbocycles. The highest BCUT2D eigenvalue weighted by atomic mass is 15.0. The van der Waals surface area contributed by atoms with Crippen molar-refractivity contribution in [1.29, 1.82) is 0 Å². The van der Waals surface area contributed by atoms with Crippen LogP contribution in [0.25, 0.3) is 5.70 Å². The predicted octanol–water partition coefficient (Wildman–Crippen LogP) is 2.05. The van der Waals surface area contributed by atoms with Crippen LogP contribution in [0.2, 0.25) is 0 Å². The van der Waals surface area contributed by atoms with Crippen LogP contribution in [0.5, 0.6) is 0 Å². The zero-order valence-electron chi connectivity index (χ0n) is 7.62. The van der Waals surface area contributed by atoms with E-state index in [4.69, 9.17) is 0 Å². The first-order chi connectivity index (χ1) is 6.36. The lowest BCUT2D eigenvalue weighted by Gasteiger charge is -2.11. The van der Waals surface area contributed by atoms with Crippen LogP contribution < -0.4 is 5.32 Å². The van der Waals surface area contributed by atoms with Crippen molar-refractivity contribution in [2.24, 2.45) is 4.99 Å². The summed E-state index contributed by atoms with van der Waals surface area (Å²) < 4.78 is 0. The van der Waals surface area contributed by atoms with Gasteiger partial charge in [0.15, 0.2) is 0 Å². The summed E-state index contributed by atoms with van der Waals surface area (Å²) in [4.78, 5) is 4.42. The van der Waals surface area contributed by atoms with Crippen LogP contribution in [0.3, 0.4) is 0 Å². The van der Waals surface area contributed by atoms with Crippen molar-refractivity contribution in [2.75, 3.05) is 6.54 Å². The number of hydrogen-bond acceptors (Lipinski definition) is 2. The molecule has 0 radical (unpaired) electrons. The second-order valence-electron chi connectivity index (χ2n) is 3.03. The van der Waals surface area contributed by atoms with Gasteiger partial charge in [-0.3, -0.25) is 0 Å². The fourth-order valence-electron chi connectivity index (χ4n) is 1.35. The van der Waals surface area contributed by atoms with Gasteiger partial charge < -0.3 is 5.32 Å². The zero-order chi connectivity index (χ0) is 9.10. The molecule has 0 atom stereocenters. The van der Waals surface area contributed by atoms with Crippen molar-refractivity contribution in [1.82, 2.24) is 5.32 Å². The maximum Gasteiger partial charge on any atom is 0.0993 e. The van der Waals surface area contributed by atoms with Crippen molar-refractivity contribution >= 4 is 11.5 Å². The van der Waals surface area contributed by atoms with Gasteiger partial charge in [-0.25, -0.2) is 4.99 Å². The first-order valence-electron chi connectivity index (χ1n) is 4.41. The van der Waals surface area contributed by atoms with E-state index in [0.29, 0.717) is 0 Å². The van der Waals surface area contributed by atoms with Crippen molar-refractivity contribution in [3.63, 3.8) is 0 Å². The molecule has 0 saturated carbocycles. The number of amidine groups is 1. The minimum atomic E-state index is 0.875. The van der Waals surface area contributed by atoms with Gasteiger partial charge in [0, 0.05) is 6.54 Å². The van der Waals surface area contributed by atoms with Gasteiger partial charge in [-0.15, -0.1) is 0 Å². The van der Waals surface area contributed by atoms with Crippen molar-refractivity contribution in [2.45, 2.75) is 6.92 Å². The van der Waals surface area contributed by atoms with E-state index in [1.807, 2.05) is 25.1 Å². The number of nitrogens with one attached hydrogen (secondary N) is 1. The third-order valence-electron chi connectivity index (χ3n) is 2.01. The molecule has 0 bridgehead atoms. The summed E-state index contributed by atoms with van der Waals surface area (Å²) in [6.45, 7) is 2.86. The molecule has 2 heteroatoms. The molecule has 0 unspecified atom stereocenters. The number of rotatable bonds is 1. The summed E-state index contributed by atoms with van der Waals surface area (Å²) in [5.41, 5.74) is 2.25. The van der Waals surface area contributed by atoms with Crippen molar-refractivity contribution < 1.29 is 0 Å². The van der Waals surface area contributed by atoms with Gasteiger partial charge in [0.05, 0.1) is 11.5 Å². The lowest BCUT2D eigenvalue weighted by atomic mass is 10.1. The SMILES string of the molecule is CC1=NC(c2ccccc2)=CCN1. The molecule has 1 N–H and O–H groups in total. The predicted molar refractivity (Wildman–Crippen MR) is 55.5 cm³/mol. The Morgan fingerprint density at radius 1 is 1.23 bits per heavy atom. The summed E-state index contributed by atoms with van der Waals surface area (Å²) in [7, 11) is 0. The topological polar surface area (TPSA) is 24.4 Å². The van der Waals surface area contributed by atoms with E-state index < -0.39 is 0 Å². The molecule has 0 fully saturated rings. The smallest absolute Gasteiger partial charge is 0.0993 e.